The lowest BCUT2D eigenvalue weighted by Gasteiger charge is -2.03. The van der Waals surface area contributed by atoms with Gasteiger partial charge < -0.3 is 15.2 Å². The standard InChI is InChI=1S/C10H16N4O4/c11-14-13-5-1-3-9(15)12-6-8-18-7-2-4-10(16)17/h2,7H,1,3-6,8H2,(H,12,15)(H,16,17)/b7-2+. The fraction of sp³-hybridized carbons (Fsp3) is 0.600. The van der Waals surface area contributed by atoms with E-state index < -0.39 is 5.97 Å². The number of carbonyl (C=O) groups is 2. The van der Waals surface area contributed by atoms with Crippen molar-refractivity contribution in [3.8, 4) is 0 Å². The van der Waals surface area contributed by atoms with Gasteiger partial charge in [-0.15, -0.1) is 0 Å². The maximum absolute atomic E-state index is 11.2. The Morgan fingerprint density at radius 1 is 1.50 bits per heavy atom. The van der Waals surface area contributed by atoms with Crippen LogP contribution in [-0.2, 0) is 14.3 Å². The van der Waals surface area contributed by atoms with Gasteiger partial charge in [0.15, 0.2) is 0 Å². The molecule has 0 spiro atoms. The molecule has 0 saturated carbocycles. The van der Waals surface area contributed by atoms with Gasteiger partial charge in [0, 0.05) is 17.9 Å². The summed E-state index contributed by atoms with van der Waals surface area (Å²) >= 11 is 0. The quantitative estimate of drug-likeness (QED) is 0.200. The van der Waals surface area contributed by atoms with Gasteiger partial charge in [-0.1, -0.05) is 5.11 Å². The number of amides is 1. The second-order valence-electron chi connectivity index (χ2n) is 3.25. The molecule has 0 fully saturated rings. The number of azide groups is 1. The molecular weight excluding hydrogens is 240 g/mol. The minimum atomic E-state index is -0.928. The molecule has 0 aromatic rings. The third kappa shape index (κ3) is 11.9. The van der Waals surface area contributed by atoms with E-state index in [-0.39, 0.29) is 18.9 Å². The molecule has 8 nitrogen and oxygen atoms in total. The molecule has 0 bridgehead atoms. The van der Waals surface area contributed by atoms with Crippen LogP contribution in [0.1, 0.15) is 19.3 Å². The fourth-order valence-electron chi connectivity index (χ4n) is 0.978. The van der Waals surface area contributed by atoms with Crippen LogP contribution in [-0.4, -0.2) is 36.7 Å². The molecule has 0 radical (unpaired) electrons. The van der Waals surface area contributed by atoms with E-state index in [2.05, 4.69) is 15.3 Å². The number of rotatable bonds is 10. The minimum absolute atomic E-state index is 0.0915. The first-order valence-corrected chi connectivity index (χ1v) is 5.42. The normalized spacial score (nSPS) is 9.78. The summed E-state index contributed by atoms with van der Waals surface area (Å²) in [6.07, 6.45) is 3.39. The highest BCUT2D eigenvalue weighted by atomic mass is 16.5. The van der Waals surface area contributed by atoms with Gasteiger partial charge in [-0.25, -0.2) is 0 Å². The monoisotopic (exact) mass is 256 g/mol. The number of carbonyl (C=O) groups excluding carboxylic acids is 1. The average molecular weight is 256 g/mol. The Kier molecular flexibility index (Phi) is 9.90. The van der Waals surface area contributed by atoms with E-state index in [0.29, 0.717) is 25.9 Å². The van der Waals surface area contributed by atoms with Crippen molar-refractivity contribution in [3.05, 3.63) is 22.8 Å². The van der Waals surface area contributed by atoms with Gasteiger partial charge >= 0.3 is 5.97 Å². The summed E-state index contributed by atoms with van der Waals surface area (Å²) in [7, 11) is 0. The van der Waals surface area contributed by atoms with Crippen molar-refractivity contribution in [2.45, 2.75) is 19.3 Å². The highest BCUT2D eigenvalue weighted by Gasteiger charge is 1.98. The van der Waals surface area contributed by atoms with Crippen molar-refractivity contribution < 1.29 is 19.4 Å². The summed E-state index contributed by atoms with van der Waals surface area (Å²) in [5.74, 6) is -1.07. The van der Waals surface area contributed by atoms with E-state index in [1.807, 2.05) is 0 Å². The first kappa shape index (κ1) is 15.8. The lowest BCUT2D eigenvalue weighted by Crippen LogP contribution is -2.26. The molecular formula is C10H16N4O4. The van der Waals surface area contributed by atoms with Crippen LogP contribution in [0.3, 0.4) is 0 Å². The number of hydrogen-bond donors (Lipinski definition) is 2. The molecule has 1 amide bonds. The van der Waals surface area contributed by atoms with Gasteiger partial charge in [-0.3, -0.25) is 9.59 Å². The molecule has 0 unspecified atom stereocenters. The van der Waals surface area contributed by atoms with Crippen molar-refractivity contribution in [2.24, 2.45) is 5.11 Å². The Balaban J connectivity index is 3.37. The van der Waals surface area contributed by atoms with Crippen molar-refractivity contribution in [1.29, 1.82) is 0 Å². The van der Waals surface area contributed by atoms with Crippen LogP contribution in [0.4, 0.5) is 0 Å². The average Bonchev–Trinajstić information content (AvgIpc) is 2.33. The third-order valence-corrected chi connectivity index (χ3v) is 1.75. The van der Waals surface area contributed by atoms with Gasteiger partial charge in [0.25, 0.3) is 0 Å². The number of hydrogen-bond acceptors (Lipinski definition) is 4. The maximum Gasteiger partial charge on any atom is 0.307 e. The van der Waals surface area contributed by atoms with Gasteiger partial charge in [0.05, 0.1) is 19.2 Å². The SMILES string of the molecule is [N-]=[N+]=NCCCC(=O)NCCO/C=C/CC(=O)O. The zero-order chi connectivity index (χ0) is 13.6. The first-order valence-electron chi connectivity index (χ1n) is 5.42. The van der Waals surface area contributed by atoms with Crippen molar-refractivity contribution in [3.63, 3.8) is 0 Å². The van der Waals surface area contributed by atoms with Crippen LogP contribution in [0.2, 0.25) is 0 Å². The molecule has 0 aliphatic heterocycles. The van der Waals surface area contributed by atoms with Gasteiger partial charge in [0.2, 0.25) is 5.91 Å². The molecule has 0 aliphatic rings. The lowest BCUT2D eigenvalue weighted by molar-refractivity contribution is -0.136. The summed E-state index contributed by atoms with van der Waals surface area (Å²) in [6.45, 7) is 0.925. The summed E-state index contributed by atoms with van der Waals surface area (Å²) < 4.78 is 4.95. The lowest BCUT2D eigenvalue weighted by atomic mass is 10.3. The van der Waals surface area contributed by atoms with Crippen LogP contribution < -0.4 is 5.32 Å². The first-order chi connectivity index (χ1) is 8.66. The Hall–Kier alpha value is -2.21. The Morgan fingerprint density at radius 2 is 2.28 bits per heavy atom. The van der Waals surface area contributed by atoms with Gasteiger partial charge in [0.1, 0.15) is 6.61 Å². The molecule has 0 aromatic heterocycles. The molecule has 8 heteroatoms. The highest BCUT2D eigenvalue weighted by Crippen LogP contribution is 1.90. The van der Waals surface area contributed by atoms with Crippen LogP contribution >= 0.6 is 0 Å². The topological polar surface area (TPSA) is 124 Å². The van der Waals surface area contributed by atoms with Crippen LogP contribution in [0, 0.1) is 0 Å². The summed E-state index contributed by atoms with van der Waals surface area (Å²) in [5.41, 5.74) is 8.01. The number of carboxylic acids is 1. The molecule has 100 valence electrons. The Morgan fingerprint density at radius 3 is 2.94 bits per heavy atom. The predicted octanol–water partition coefficient (Wildman–Crippen LogP) is 1.20. The minimum Gasteiger partial charge on any atom is -0.500 e. The van der Waals surface area contributed by atoms with Crippen LogP contribution in [0.25, 0.3) is 10.4 Å². The van der Waals surface area contributed by atoms with E-state index >= 15 is 0 Å². The van der Waals surface area contributed by atoms with Crippen molar-refractivity contribution in [2.75, 3.05) is 19.7 Å². The maximum atomic E-state index is 11.2. The number of ether oxygens (including phenoxy) is 1. The highest BCUT2D eigenvalue weighted by molar-refractivity contribution is 5.75. The Bertz CT molecular complexity index is 337. The van der Waals surface area contributed by atoms with Gasteiger partial charge in [-0.2, -0.15) is 0 Å². The number of nitrogens with zero attached hydrogens (tertiary/aromatic N) is 3. The van der Waals surface area contributed by atoms with E-state index in [0.717, 1.165) is 0 Å². The Labute approximate surface area is 104 Å². The fourth-order valence-corrected chi connectivity index (χ4v) is 0.978. The molecule has 0 heterocycles. The van der Waals surface area contributed by atoms with E-state index in [9.17, 15) is 9.59 Å². The molecule has 0 atom stereocenters. The molecule has 0 rings (SSSR count). The number of nitrogens with one attached hydrogen (secondary N) is 1. The zero-order valence-electron chi connectivity index (χ0n) is 9.91. The number of aliphatic carboxylic acids is 1. The van der Waals surface area contributed by atoms with Gasteiger partial charge in [-0.05, 0) is 18.0 Å². The largest absolute Gasteiger partial charge is 0.500 e. The number of carboxylic acid groups (broad SMARTS) is 1. The third-order valence-electron chi connectivity index (χ3n) is 1.75. The van der Waals surface area contributed by atoms with E-state index in [1.165, 1.54) is 12.3 Å². The summed E-state index contributed by atoms with van der Waals surface area (Å²) in [5, 5.41) is 14.2. The summed E-state index contributed by atoms with van der Waals surface area (Å²) in [6, 6.07) is 0. The molecule has 18 heavy (non-hydrogen) atoms. The van der Waals surface area contributed by atoms with Crippen LogP contribution in [0.5, 0.6) is 0 Å². The molecule has 2 N–H and O–H groups in total. The smallest absolute Gasteiger partial charge is 0.307 e. The second kappa shape index (κ2) is 11.3. The zero-order valence-corrected chi connectivity index (χ0v) is 9.91. The van der Waals surface area contributed by atoms with Crippen molar-refractivity contribution in [1.82, 2.24) is 5.32 Å². The predicted molar refractivity (Wildman–Crippen MR) is 63.6 cm³/mol. The molecule has 0 aliphatic carbocycles. The molecule has 0 saturated heterocycles. The summed E-state index contributed by atoms with van der Waals surface area (Å²) in [4.78, 5) is 23.9. The van der Waals surface area contributed by atoms with Crippen molar-refractivity contribution >= 4 is 11.9 Å². The van der Waals surface area contributed by atoms with E-state index in [1.54, 1.807) is 0 Å². The van der Waals surface area contributed by atoms with E-state index in [4.69, 9.17) is 15.4 Å². The van der Waals surface area contributed by atoms with Crippen LogP contribution in [0.15, 0.2) is 17.5 Å². The second-order valence-corrected chi connectivity index (χ2v) is 3.25. The molecule has 0 aromatic carbocycles.